The molecule has 6 heteroatoms. The van der Waals surface area contributed by atoms with Crippen molar-refractivity contribution in [1.29, 1.82) is 0 Å². The van der Waals surface area contributed by atoms with Crippen molar-refractivity contribution in [2.75, 3.05) is 18.5 Å². The van der Waals surface area contributed by atoms with Gasteiger partial charge in [-0.05, 0) is 54.8 Å². The number of rotatable bonds is 3. The number of aromatic nitrogens is 4. The summed E-state index contributed by atoms with van der Waals surface area (Å²) in [5, 5.41) is 15.2. The summed E-state index contributed by atoms with van der Waals surface area (Å²) < 4.78 is 7.23. The first kappa shape index (κ1) is 13.1. The Morgan fingerprint density at radius 1 is 1.30 bits per heavy atom. The fourth-order valence-corrected chi connectivity index (χ4v) is 2.48. The van der Waals surface area contributed by atoms with Crippen LogP contribution < -0.4 is 5.32 Å². The summed E-state index contributed by atoms with van der Waals surface area (Å²) in [7, 11) is 0. The summed E-state index contributed by atoms with van der Waals surface area (Å²) in [6.07, 6.45) is 3.31. The highest BCUT2D eigenvalue weighted by atomic mass is 16.5. The molecular formula is C14H19N5O. The van der Waals surface area contributed by atoms with Gasteiger partial charge >= 0.3 is 0 Å². The number of hydrogen-bond donors (Lipinski definition) is 1. The summed E-state index contributed by atoms with van der Waals surface area (Å²) in [6, 6.07) is 8.66. The normalized spacial score (nSPS) is 19.6. The molecule has 1 fully saturated rings. The molecule has 1 N–H and O–H groups in total. The second-order valence-electron chi connectivity index (χ2n) is 5.07. The van der Waals surface area contributed by atoms with Crippen LogP contribution in [0.3, 0.4) is 0 Å². The van der Waals surface area contributed by atoms with Crippen LogP contribution in [-0.4, -0.2) is 39.5 Å². The minimum Gasteiger partial charge on any atom is -0.382 e. The maximum absolute atomic E-state index is 5.49. The molecule has 2 heterocycles. The van der Waals surface area contributed by atoms with E-state index in [1.165, 1.54) is 0 Å². The number of aryl methyl sites for hydroxylation is 1. The van der Waals surface area contributed by atoms with Crippen LogP contribution in [0.2, 0.25) is 0 Å². The van der Waals surface area contributed by atoms with Crippen LogP contribution in [0, 0.1) is 6.92 Å². The maximum atomic E-state index is 5.49. The monoisotopic (exact) mass is 273 g/mol. The molecule has 1 aliphatic heterocycles. The van der Waals surface area contributed by atoms with Gasteiger partial charge in [-0.25, -0.2) is 0 Å². The summed E-state index contributed by atoms with van der Waals surface area (Å²) in [5.74, 6) is 0.782. The largest absolute Gasteiger partial charge is 0.382 e. The van der Waals surface area contributed by atoms with E-state index in [9.17, 15) is 0 Å². The van der Waals surface area contributed by atoms with Crippen molar-refractivity contribution in [3.8, 4) is 5.69 Å². The smallest absolute Gasteiger partial charge is 0.153 e. The van der Waals surface area contributed by atoms with Crippen molar-refractivity contribution < 1.29 is 4.74 Å². The molecule has 1 saturated heterocycles. The topological polar surface area (TPSA) is 64.9 Å². The molecule has 106 valence electrons. The predicted octanol–water partition coefficient (Wildman–Crippen LogP) is 1.95. The Kier molecular flexibility index (Phi) is 3.92. The Hall–Kier alpha value is -1.95. The molecule has 1 atom stereocenters. The zero-order chi connectivity index (χ0) is 13.8. The number of nitrogens with one attached hydrogen (secondary N) is 1. The van der Waals surface area contributed by atoms with Crippen LogP contribution in [0.25, 0.3) is 5.69 Å². The van der Waals surface area contributed by atoms with E-state index in [0.29, 0.717) is 6.04 Å². The van der Waals surface area contributed by atoms with Crippen LogP contribution >= 0.6 is 0 Å². The SMILES string of the molecule is Cc1nnnn1-c1cccc(NC2CCCOCC2)c1. The number of hydrogen-bond acceptors (Lipinski definition) is 5. The van der Waals surface area contributed by atoms with Crippen molar-refractivity contribution in [2.24, 2.45) is 0 Å². The Morgan fingerprint density at radius 3 is 3.10 bits per heavy atom. The summed E-state index contributed by atoms with van der Waals surface area (Å²) in [5.41, 5.74) is 2.08. The van der Waals surface area contributed by atoms with E-state index in [-0.39, 0.29) is 0 Å². The van der Waals surface area contributed by atoms with Crippen LogP contribution in [0.1, 0.15) is 25.1 Å². The molecule has 1 unspecified atom stereocenters. The Balaban J connectivity index is 1.76. The summed E-state index contributed by atoms with van der Waals surface area (Å²) in [4.78, 5) is 0. The van der Waals surface area contributed by atoms with E-state index < -0.39 is 0 Å². The Morgan fingerprint density at radius 2 is 2.25 bits per heavy atom. The fourth-order valence-electron chi connectivity index (χ4n) is 2.48. The standard InChI is InChI=1S/C14H19N5O/c1-11-16-17-18-19(11)14-6-2-4-13(10-14)15-12-5-3-8-20-9-7-12/h2,4,6,10,12,15H,3,5,7-9H2,1H3. The molecule has 6 nitrogen and oxygen atoms in total. The molecule has 0 saturated carbocycles. The highest BCUT2D eigenvalue weighted by Gasteiger charge is 2.12. The lowest BCUT2D eigenvalue weighted by atomic mass is 10.1. The van der Waals surface area contributed by atoms with E-state index in [0.717, 1.165) is 49.7 Å². The number of ether oxygens (including phenoxy) is 1. The number of anilines is 1. The average molecular weight is 273 g/mol. The van der Waals surface area contributed by atoms with Crippen molar-refractivity contribution in [3.05, 3.63) is 30.1 Å². The minimum atomic E-state index is 0.475. The molecule has 0 radical (unpaired) electrons. The molecule has 3 rings (SSSR count). The third-order valence-corrected chi connectivity index (χ3v) is 3.54. The van der Waals surface area contributed by atoms with Crippen molar-refractivity contribution in [3.63, 3.8) is 0 Å². The quantitative estimate of drug-likeness (QED) is 0.926. The summed E-state index contributed by atoms with van der Waals surface area (Å²) in [6.45, 7) is 3.61. The zero-order valence-corrected chi connectivity index (χ0v) is 11.6. The first-order valence-electron chi connectivity index (χ1n) is 7.02. The van der Waals surface area contributed by atoms with Gasteiger partial charge in [0.1, 0.15) is 0 Å². The summed E-state index contributed by atoms with van der Waals surface area (Å²) >= 11 is 0. The fraction of sp³-hybridized carbons (Fsp3) is 0.500. The lowest BCUT2D eigenvalue weighted by molar-refractivity contribution is 0.144. The van der Waals surface area contributed by atoms with Gasteiger partial charge in [0, 0.05) is 24.9 Å². The molecule has 0 spiro atoms. The minimum absolute atomic E-state index is 0.475. The molecule has 0 aliphatic carbocycles. The molecule has 2 aromatic rings. The molecule has 0 amide bonds. The van der Waals surface area contributed by atoms with Gasteiger partial charge in [-0.2, -0.15) is 4.68 Å². The van der Waals surface area contributed by atoms with Gasteiger partial charge in [0.15, 0.2) is 5.82 Å². The van der Waals surface area contributed by atoms with Crippen molar-refractivity contribution >= 4 is 5.69 Å². The van der Waals surface area contributed by atoms with Crippen LogP contribution in [-0.2, 0) is 4.74 Å². The van der Waals surface area contributed by atoms with Crippen LogP contribution in [0.4, 0.5) is 5.69 Å². The average Bonchev–Trinajstić information content (AvgIpc) is 2.72. The first-order chi connectivity index (χ1) is 9.83. The van der Waals surface area contributed by atoms with Gasteiger partial charge in [-0.1, -0.05) is 6.07 Å². The lowest BCUT2D eigenvalue weighted by Crippen LogP contribution is -2.19. The molecule has 20 heavy (non-hydrogen) atoms. The molecule has 1 aromatic heterocycles. The molecule has 1 aliphatic rings. The third kappa shape index (κ3) is 2.96. The van der Waals surface area contributed by atoms with E-state index in [1.54, 1.807) is 4.68 Å². The van der Waals surface area contributed by atoms with Gasteiger partial charge in [-0.15, -0.1) is 5.10 Å². The molecule has 1 aromatic carbocycles. The highest BCUT2D eigenvalue weighted by Crippen LogP contribution is 2.18. The van der Waals surface area contributed by atoms with Crippen LogP contribution in [0.5, 0.6) is 0 Å². The second-order valence-corrected chi connectivity index (χ2v) is 5.07. The van der Waals surface area contributed by atoms with E-state index >= 15 is 0 Å². The lowest BCUT2D eigenvalue weighted by Gasteiger charge is -2.17. The molecule has 0 bridgehead atoms. The van der Waals surface area contributed by atoms with Gasteiger partial charge in [-0.3, -0.25) is 0 Å². The Labute approximate surface area is 118 Å². The Bertz CT molecular complexity index is 560. The van der Waals surface area contributed by atoms with Crippen molar-refractivity contribution in [2.45, 2.75) is 32.2 Å². The number of benzene rings is 1. The second kappa shape index (κ2) is 6.00. The maximum Gasteiger partial charge on any atom is 0.153 e. The van der Waals surface area contributed by atoms with E-state index in [1.807, 2.05) is 19.1 Å². The van der Waals surface area contributed by atoms with Crippen LogP contribution in [0.15, 0.2) is 24.3 Å². The number of tetrazole rings is 1. The van der Waals surface area contributed by atoms with E-state index in [2.05, 4.69) is 33.0 Å². The highest BCUT2D eigenvalue weighted by molar-refractivity contribution is 5.51. The third-order valence-electron chi connectivity index (χ3n) is 3.54. The van der Waals surface area contributed by atoms with Gasteiger partial charge in [0.25, 0.3) is 0 Å². The number of nitrogens with zero attached hydrogens (tertiary/aromatic N) is 4. The van der Waals surface area contributed by atoms with Crippen molar-refractivity contribution in [1.82, 2.24) is 20.2 Å². The first-order valence-corrected chi connectivity index (χ1v) is 7.02. The predicted molar refractivity (Wildman–Crippen MR) is 76.0 cm³/mol. The van der Waals surface area contributed by atoms with Gasteiger partial charge < -0.3 is 10.1 Å². The van der Waals surface area contributed by atoms with Gasteiger partial charge in [0.2, 0.25) is 0 Å². The zero-order valence-electron chi connectivity index (χ0n) is 11.6. The molecular weight excluding hydrogens is 254 g/mol. The van der Waals surface area contributed by atoms with E-state index in [4.69, 9.17) is 4.74 Å². The van der Waals surface area contributed by atoms with Gasteiger partial charge in [0.05, 0.1) is 5.69 Å².